The van der Waals surface area contributed by atoms with Crippen LogP contribution in [0.4, 0.5) is 0 Å². The number of benzene rings is 1. The van der Waals surface area contributed by atoms with Crippen LogP contribution in [0.15, 0.2) is 24.3 Å². The van der Waals surface area contributed by atoms with Gasteiger partial charge in [-0.05, 0) is 50.2 Å². The Bertz CT molecular complexity index is 563. The van der Waals surface area contributed by atoms with Crippen molar-refractivity contribution < 1.29 is 19.1 Å². The fourth-order valence-electron chi connectivity index (χ4n) is 2.99. The molecule has 1 fully saturated rings. The highest BCUT2D eigenvalue weighted by Gasteiger charge is 2.32. The summed E-state index contributed by atoms with van der Waals surface area (Å²) in [5.74, 6) is 0.0867. The van der Waals surface area contributed by atoms with Gasteiger partial charge in [0.15, 0.2) is 0 Å². The third-order valence-electron chi connectivity index (χ3n) is 4.51. The SMILES string of the molecule is COCC1(CNC(=O)CCOc2ccc(C(N)=O)cc2)CCNCC1. The van der Waals surface area contributed by atoms with Gasteiger partial charge in [-0.25, -0.2) is 0 Å². The zero-order chi connectivity index (χ0) is 18.1. The molecular weight excluding hydrogens is 322 g/mol. The van der Waals surface area contributed by atoms with Crippen LogP contribution >= 0.6 is 0 Å². The van der Waals surface area contributed by atoms with Gasteiger partial charge in [-0.1, -0.05) is 0 Å². The smallest absolute Gasteiger partial charge is 0.248 e. The topological polar surface area (TPSA) is 103 Å². The number of nitrogens with one attached hydrogen (secondary N) is 2. The van der Waals surface area contributed by atoms with Gasteiger partial charge in [0.2, 0.25) is 11.8 Å². The molecule has 1 aromatic carbocycles. The molecule has 0 aliphatic carbocycles. The molecule has 1 aromatic rings. The lowest BCUT2D eigenvalue weighted by molar-refractivity contribution is -0.122. The number of primary amides is 1. The monoisotopic (exact) mass is 349 g/mol. The van der Waals surface area contributed by atoms with Crippen LogP contribution in [0.2, 0.25) is 0 Å². The van der Waals surface area contributed by atoms with E-state index < -0.39 is 5.91 Å². The van der Waals surface area contributed by atoms with Gasteiger partial charge in [-0.2, -0.15) is 0 Å². The van der Waals surface area contributed by atoms with Crippen LogP contribution in [-0.4, -0.2) is 51.8 Å². The summed E-state index contributed by atoms with van der Waals surface area (Å²) >= 11 is 0. The van der Waals surface area contributed by atoms with Gasteiger partial charge >= 0.3 is 0 Å². The van der Waals surface area contributed by atoms with E-state index in [0.717, 1.165) is 25.9 Å². The Kier molecular flexibility index (Phi) is 7.21. The van der Waals surface area contributed by atoms with E-state index in [-0.39, 0.29) is 24.3 Å². The summed E-state index contributed by atoms with van der Waals surface area (Å²) in [7, 11) is 1.70. The maximum atomic E-state index is 12.1. The lowest BCUT2D eigenvalue weighted by Crippen LogP contribution is -2.47. The highest BCUT2D eigenvalue weighted by molar-refractivity contribution is 5.92. The summed E-state index contributed by atoms with van der Waals surface area (Å²) in [6.45, 7) is 3.44. The van der Waals surface area contributed by atoms with Crippen molar-refractivity contribution in [2.45, 2.75) is 19.3 Å². The second kappa shape index (κ2) is 9.39. The van der Waals surface area contributed by atoms with Crippen LogP contribution in [0.3, 0.4) is 0 Å². The first-order valence-corrected chi connectivity index (χ1v) is 8.54. The highest BCUT2D eigenvalue weighted by atomic mass is 16.5. The second-order valence-electron chi connectivity index (χ2n) is 6.45. The van der Waals surface area contributed by atoms with Crippen LogP contribution in [0, 0.1) is 5.41 Å². The molecule has 0 aromatic heterocycles. The summed E-state index contributed by atoms with van der Waals surface area (Å²) in [5.41, 5.74) is 5.63. The lowest BCUT2D eigenvalue weighted by atomic mass is 9.79. The standard InChI is InChI=1S/C18H27N3O4/c1-24-13-18(7-9-20-10-8-18)12-21-16(22)6-11-25-15-4-2-14(3-5-15)17(19)23/h2-5,20H,6-13H2,1H3,(H2,19,23)(H,21,22). The van der Waals surface area contributed by atoms with E-state index in [1.54, 1.807) is 31.4 Å². The van der Waals surface area contributed by atoms with E-state index in [1.165, 1.54) is 0 Å². The molecule has 7 nitrogen and oxygen atoms in total. The zero-order valence-electron chi connectivity index (χ0n) is 14.7. The van der Waals surface area contributed by atoms with Crippen molar-refractivity contribution in [1.29, 1.82) is 0 Å². The van der Waals surface area contributed by atoms with E-state index >= 15 is 0 Å². The van der Waals surface area contributed by atoms with Crippen molar-refractivity contribution in [2.24, 2.45) is 11.1 Å². The molecule has 1 aliphatic heterocycles. The number of carbonyl (C=O) groups excluding carboxylic acids is 2. The molecule has 1 heterocycles. The fraction of sp³-hybridized carbons (Fsp3) is 0.556. The van der Waals surface area contributed by atoms with Crippen molar-refractivity contribution in [1.82, 2.24) is 10.6 Å². The Morgan fingerprint density at radius 2 is 1.92 bits per heavy atom. The number of rotatable bonds is 9. The number of ether oxygens (including phenoxy) is 2. The summed E-state index contributed by atoms with van der Waals surface area (Å²) in [4.78, 5) is 23.1. The van der Waals surface area contributed by atoms with Crippen LogP contribution < -0.4 is 21.1 Å². The Hall–Kier alpha value is -2.12. The largest absolute Gasteiger partial charge is 0.493 e. The molecule has 0 spiro atoms. The van der Waals surface area contributed by atoms with Crippen molar-refractivity contribution in [2.75, 3.05) is 40.0 Å². The first-order chi connectivity index (χ1) is 12.0. The molecule has 138 valence electrons. The zero-order valence-corrected chi connectivity index (χ0v) is 14.7. The highest BCUT2D eigenvalue weighted by Crippen LogP contribution is 2.28. The average molecular weight is 349 g/mol. The minimum Gasteiger partial charge on any atom is -0.493 e. The van der Waals surface area contributed by atoms with E-state index in [4.69, 9.17) is 15.2 Å². The molecule has 0 unspecified atom stereocenters. The van der Waals surface area contributed by atoms with Gasteiger partial charge in [-0.15, -0.1) is 0 Å². The first kappa shape index (κ1) is 19.2. The fourth-order valence-corrected chi connectivity index (χ4v) is 2.99. The molecule has 1 aliphatic rings. The summed E-state index contributed by atoms with van der Waals surface area (Å²) in [6.07, 6.45) is 2.26. The van der Waals surface area contributed by atoms with Gasteiger partial charge in [0.05, 0.1) is 19.6 Å². The lowest BCUT2D eigenvalue weighted by Gasteiger charge is -2.37. The van der Waals surface area contributed by atoms with Gasteiger partial charge in [0, 0.05) is 24.6 Å². The minimum atomic E-state index is -0.478. The number of nitrogens with two attached hydrogens (primary N) is 1. The molecule has 0 saturated carbocycles. The predicted molar refractivity (Wildman–Crippen MR) is 94.5 cm³/mol. The average Bonchev–Trinajstić information content (AvgIpc) is 2.62. The molecule has 0 atom stereocenters. The molecule has 1 saturated heterocycles. The molecular formula is C18H27N3O4. The Morgan fingerprint density at radius 3 is 2.52 bits per heavy atom. The maximum Gasteiger partial charge on any atom is 0.248 e. The number of hydrogen-bond donors (Lipinski definition) is 3. The molecule has 2 amide bonds. The van der Waals surface area contributed by atoms with Crippen molar-refractivity contribution in [3.63, 3.8) is 0 Å². The number of methoxy groups -OCH3 is 1. The Balaban J connectivity index is 1.72. The van der Waals surface area contributed by atoms with Crippen LogP contribution in [0.5, 0.6) is 5.75 Å². The summed E-state index contributed by atoms with van der Waals surface area (Å²) in [5, 5.41) is 6.33. The quantitative estimate of drug-likeness (QED) is 0.609. The molecule has 25 heavy (non-hydrogen) atoms. The predicted octanol–water partition coefficient (Wildman–Crippen LogP) is 0.687. The number of amides is 2. The normalized spacial score (nSPS) is 16.2. The second-order valence-corrected chi connectivity index (χ2v) is 6.45. The maximum absolute atomic E-state index is 12.1. The first-order valence-electron chi connectivity index (χ1n) is 8.54. The summed E-state index contributed by atoms with van der Waals surface area (Å²) in [6, 6.07) is 6.54. The van der Waals surface area contributed by atoms with Crippen molar-refractivity contribution in [3.05, 3.63) is 29.8 Å². The van der Waals surface area contributed by atoms with Crippen molar-refractivity contribution >= 4 is 11.8 Å². The van der Waals surface area contributed by atoms with Crippen LogP contribution in [0.25, 0.3) is 0 Å². The molecule has 2 rings (SSSR count). The molecule has 0 radical (unpaired) electrons. The number of hydrogen-bond acceptors (Lipinski definition) is 5. The van der Waals surface area contributed by atoms with Gasteiger partial charge in [0.1, 0.15) is 5.75 Å². The third kappa shape index (κ3) is 6.03. The molecule has 0 bridgehead atoms. The number of carbonyl (C=O) groups is 2. The van der Waals surface area contributed by atoms with Crippen molar-refractivity contribution in [3.8, 4) is 5.75 Å². The molecule has 7 heteroatoms. The van der Waals surface area contributed by atoms with Crippen LogP contribution in [0.1, 0.15) is 29.6 Å². The van der Waals surface area contributed by atoms with E-state index in [0.29, 0.717) is 24.5 Å². The van der Waals surface area contributed by atoms with Gasteiger partial charge in [-0.3, -0.25) is 9.59 Å². The minimum absolute atomic E-state index is 0.0150. The van der Waals surface area contributed by atoms with E-state index in [2.05, 4.69) is 10.6 Å². The van der Waals surface area contributed by atoms with E-state index in [1.807, 2.05) is 0 Å². The molecule has 4 N–H and O–H groups in total. The Morgan fingerprint density at radius 1 is 1.24 bits per heavy atom. The van der Waals surface area contributed by atoms with Crippen LogP contribution in [-0.2, 0) is 9.53 Å². The van der Waals surface area contributed by atoms with E-state index in [9.17, 15) is 9.59 Å². The van der Waals surface area contributed by atoms with Gasteiger partial charge in [0.25, 0.3) is 0 Å². The number of piperidine rings is 1. The third-order valence-corrected chi connectivity index (χ3v) is 4.51. The Labute approximate surface area is 148 Å². The van der Waals surface area contributed by atoms with Gasteiger partial charge < -0.3 is 25.8 Å². The summed E-state index contributed by atoms with van der Waals surface area (Å²) < 4.78 is 10.9.